The first-order chi connectivity index (χ1) is 12.7. The maximum atomic E-state index is 12.0. The average Bonchev–Trinajstić information content (AvgIpc) is 3.17. The molecule has 4 rings (SSSR count). The number of hydrogen-bond donors (Lipinski definition) is 1. The molecule has 0 radical (unpaired) electrons. The van der Waals surface area contributed by atoms with Gasteiger partial charge in [-0.1, -0.05) is 38.5 Å². The van der Waals surface area contributed by atoms with Crippen molar-refractivity contribution in [2.75, 3.05) is 27.2 Å². The number of hydrogen-bond acceptors (Lipinski definition) is 3. The van der Waals surface area contributed by atoms with E-state index >= 15 is 0 Å². The topological polar surface area (TPSA) is 44.9 Å². The SMILES string of the molecule is CC(C)C1=C2C3=CC=C(CNC(=O)CN(C)C)CC4O[C@@]34CC[C@@]2(C)CC1. The van der Waals surface area contributed by atoms with E-state index in [1.165, 1.54) is 30.4 Å². The highest BCUT2D eigenvalue weighted by atomic mass is 16.6. The highest BCUT2D eigenvalue weighted by Crippen LogP contribution is 2.65. The van der Waals surface area contributed by atoms with Crippen LogP contribution in [0, 0.1) is 11.3 Å². The molecule has 1 unspecified atom stereocenters. The Labute approximate surface area is 163 Å². The van der Waals surface area contributed by atoms with Gasteiger partial charge in [0.1, 0.15) is 5.60 Å². The Morgan fingerprint density at radius 3 is 2.78 bits per heavy atom. The molecule has 4 nitrogen and oxygen atoms in total. The Morgan fingerprint density at radius 2 is 2.07 bits per heavy atom. The summed E-state index contributed by atoms with van der Waals surface area (Å²) in [7, 11) is 3.83. The third-order valence-corrected chi connectivity index (χ3v) is 7.06. The van der Waals surface area contributed by atoms with E-state index in [-0.39, 0.29) is 17.6 Å². The Morgan fingerprint density at radius 1 is 1.30 bits per heavy atom. The average molecular weight is 371 g/mol. The summed E-state index contributed by atoms with van der Waals surface area (Å²) in [6, 6.07) is 0. The van der Waals surface area contributed by atoms with Crippen LogP contribution in [0.4, 0.5) is 0 Å². The van der Waals surface area contributed by atoms with Crippen molar-refractivity contribution in [2.24, 2.45) is 11.3 Å². The number of allylic oxidation sites excluding steroid dienone is 3. The molecule has 0 aromatic heterocycles. The van der Waals surface area contributed by atoms with Gasteiger partial charge in [-0.2, -0.15) is 0 Å². The summed E-state index contributed by atoms with van der Waals surface area (Å²) >= 11 is 0. The third kappa shape index (κ3) is 3.21. The van der Waals surface area contributed by atoms with Crippen molar-refractivity contribution in [3.8, 4) is 0 Å². The Balaban J connectivity index is 1.59. The van der Waals surface area contributed by atoms with Crippen LogP contribution in [0.2, 0.25) is 0 Å². The van der Waals surface area contributed by atoms with E-state index in [9.17, 15) is 4.79 Å². The van der Waals surface area contributed by atoms with E-state index in [4.69, 9.17) is 4.74 Å². The van der Waals surface area contributed by atoms with Crippen molar-refractivity contribution in [3.05, 3.63) is 34.4 Å². The zero-order chi connectivity index (χ0) is 19.4. The maximum Gasteiger partial charge on any atom is 0.234 e. The molecule has 4 aliphatic rings. The van der Waals surface area contributed by atoms with Gasteiger partial charge in [-0.05, 0) is 74.3 Å². The minimum atomic E-state index is -0.0504. The third-order valence-electron chi connectivity index (χ3n) is 7.06. The smallest absolute Gasteiger partial charge is 0.234 e. The largest absolute Gasteiger partial charge is 0.361 e. The molecule has 2 fully saturated rings. The second-order valence-electron chi connectivity index (χ2n) is 9.74. The lowest BCUT2D eigenvalue weighted by molar-refractivity contribution is -0.121. The molecule has 1 amide bonds. The zero-order valence-corrected chi connectivity index (χ0v) is 17.5. The predicted octanol–water partition coefficient (Wildman–Crippen LogP) is 3.60. The summed E-state index contributed by atoms with van der Waals surface area (Å²) in [5.74, 6) is 0.682. The Hall–Kier alpha value is -1.39. The van der Waals surface area contributed by atoms with Gasteiger partial charge in [-0.25, -0.2) is 0 Å². The number of amides is 1. The summed E-state index contributed by atoms with van der Waals surface area (Å²) in [5.41, 5.74) is 6.26. The lowest BCUT2D eigenvalue weighted by atomic mass is 9.64. The van der Waals surface area contributed by atoms with Crippen LogP contribution in [0.25, 0.3) is 0 Å². The van der Waals surface area contributed by atoms with E-state index in [0.29, 0.717) is 24.4 Å². The lowest BCUT2D eigenvalue weighted by Crippen LogP contribution is -2.35. The Kier molecular flexibility index (Phi) is 4.63. The quantitative estimate of drug-likeness (QED) is 0.752. The number of nitrogens with one attached hydrogen (secondary N) is 1. The second-order valence-corrected chi connectivity index (χ2v) is 9.74. The molecule has 1 heterocycles. The number of epoxide rings is 1. The molecule has 3 aliphatic carbocycles. The van der Waals surface area contributed by atoms with Crippen molar-refractivity contribution in [3.63, 3.8) is 0 Å². The first kappa shape index (κ1) is 18.9. The number of fused-ring (bicyclic) bond motifs is 2. The summed E-state index contributed by atoms with van der Waals surface area (Å²) in [6.45, 7) is 8.18. The van der Waals surface area contributed by atoms with Crippen molar-refractivity contribution in [1.82, 2.24) is 10.2 Å². The van der Waals surface area contributed by atoms with Crippen LogP contribution in [-0.2, 0) is 9.53 Å². The van der Waals surface area contributed by atoms with Crippen molar-refractivity contribution in [1.29, 1.82) is 0 Å². The fourth-order valence-electron chi connectivity index (χ4n) is 5.48. The maximum absolute atomic E-state index is 12.0. The van der Waals surface area contributed by atoms with Gasteiger partial charge in [-0.15, -0.1) is 0 Å². The van der Waals surface area contributed by atoms with Gasteiger partial charge in [0, 0.05) is 6.54 Å². The number of carbonyl (C=O) groups excluding carboxylic acids is 1. The molecule has 27 heavy (non-hydrogen) atoms. The number of carbonyl (C=O) groups is 1. The van der Waals surface area contributed by atoms with Gasteiger partial charge < -0.3 is 15.0 Å². The molecule has 1 spiro atoms. The number of likely N-dealkylation sites (N-methyl/N-ethyl adjacent to an activating group) is 1. The highest BCUT2D eigenvalue weighted by molar-refractivity contribution is 5.78. The molecule has 1 saturated carbocycles. The van der Waals surface area contributed by atoms with Gasteiger partial charge in [0.25, 0.3) is 0 Å². The molecule has 3 atom stereocenters. The van der Waals surface area contributed by atoms with Crippen LogP contribution in [-0.4, -0.2) is 49.7 Å². The zero-order valence-electron chi connectivity index (χ0n) is 17.5. The molecule has 1 N–H and O–H groups in total. The van der Waals surface area contributed by atoms with Crippen LogP contribution >= 0.6 is 0 Å². The lowest BCUT2D eigenvalue weighted by Gasteiger charge is -2.39. The summed E-state index contributed by atoms with van der Waals surface area (Å²) in [4.78, 5) is 13.9. The first-order valence-corrected chi connectivity index (χ1v) is 10.5. The molecule has 4 heteroatoms. The number of nitrogens with zero attached hydrogens (tertiary/aromatic N) is 1. The normalized spacial score (nSPS) is 34.6. The minimum Gasteiger partial charge on any atom is -0.361 e. The summed E-state index contributed by atoms with van der Waals surface area (Å²) < 4.78 is 6.37. The van der Waals surface area contributed by atoms with E-state index in [0.717, 1.165) is 12.8 Å². The van der Waals surface area contributed by atoms with Crippen molar-refractivity contribution in [2.45, 2.75) is 64.6 Å². The molecular formula is C23H34N2O2. The molecule has 1 aliphatic heterocycles. The molecular weight excluding hydrogens is 336 g/mol. The molecule has 0 bridgehead atoms. The molecule has 0 aromatic rings. The summed E-state index contributed by atoms with van der Waals surface area (Å²) in [6.07, 6.45) is 10.7. The van der Waals surface area contributed by atoms with E-state index in [2.05, 4.69) is 38.2 Å². The molecule has 148 valence electrons. The van der Waals surface area contributed by atoms with Gasteiger partial charge in [-0.3, -0.25) is 4.79 Å². The second kappa shape index (κ2) is 6.59. The first-order valence-electron chi connectivity index (χ1n) is 10.5. The Bertz CT molecular complexity index is 745. The van der Waals surface area contributed by atoms with Crippen molar-refractivity contribution < 1.29 is 9.53 Å². The number of rotatable bonds is 5. The van der Waals surface area contributed by atoms with Crippen LogP contribution in [0.15, 0.2) is 34.4 Å². The predicted molar refractivity (Wildman–Crippen MR) is 108 cm³/mol. The monoisotopic (exact) mass is 370 g/mol. The van der Waals surface area contributed by atoms with Crippen molar-refractivity contribution >= 4 is 5.91 Å². The summed E-state index contributed by atoms with van der Waals surface area (Å²) in [5, 5.41) is 3.06. The van der Waals surface area contributed by atoms with Gasteiger partial charge in [0.05, 0.1) is 12.6 Å². The van der Waals surface area contributed by atoms with Crippen LogP contribution in [0.3, 0.4) is 0 Å². The van der Waals surface area contributed by atoms with Gasteiger partial charge in [0.2, 0.25) is 5.91 Å². The van der Waals surface area contributed by atoms with E-state index in [1.54, 1.807) is 11.1 Å². The van der Waals surface area contributed by atoms with Gasteiger partial charge >= 0.3 is 0 Å². The van der Waals surface area contributed by atoms with Crippen LogP contribution < -0.4 is 5.32 Å². The van der Waals surface area contributed by atoms with E-state index < -0.39 is 0 Å². The minimum absolute atomic E-state index is 0.0504. The highest BCUT2D eigenvalue weighted by Gasteiger charge is 2.64. The van der Waals surface area contributed by atoms with Crippen LogP contribution in [0.1, 0.15) is 52.9 Å². The van der Waals surface area contributed by atoms with E-state index in [1.807, 2.05) is 19.0 Å². The standard InChI is InChI=1S/C23H34N2O2/c1-15(2)17-8-9-22(3)10-11-23-18(21(17)22)7-6-16(12-19(23)27-23)13-24-20(26)14-25(4)5/h6-7,15,19H,8-14H2,1-5H3,(H,24,26)/t19?,22-,23+/m1/s1. The van der Waals surface area contributed by atoms with Gasteiger partial charge in [0.15, 0.2) is 0 Å². The molecule has 0 aromatic carbocycles. The van der Waals surface area contributed by atoms with Crippen LogP contribution in [0.5, 0.6) is 0 Å². The molecule has 1 saturated heterocycles. The fourth-order valence-corrected chi connectivity index (χ4v) is 5.48. The fraction of sp³-hybridized carbons (Fsp3) is 0.696. The number of ether oxygens (including phenoxy) is 1.